The van der Waals surface area contributed by atoms with Crippen LogP contribution in [0.4, 0.5) is 0 Å². The van der Waals surface area contributed by atoms with E-state index in [4.69, 9.17) is 11.6 Å². The lowest BCUT2D eigenvalue weighted by Gasteiger charge is -2.22. The van der Waals surface area contributed by atoms with Crippen molar-refractivity contribution < 1.29 is 9.90 Å². The Balaban J connectivity index is 2.63. The van der Waals surface area contributed by atoms with E-state index in [2.05, 4.69) is 5.32 Å². The van der Waals surface area contributed by atoms with E-state index in [0.717, 1.165) is 5.56 Å². The zero-order valence-electron chi connectivity index (χ0n) is 12.7. The summed E-state index contributed by atoms with van der Waals surface area (Å²) >= 11 is 5.83. The summed E-state index contributed by atoms with van der Waals surface area (Å²) in [5, 5.41) is 13.8. The molecule has 0 saturated heterocycles. The van der Waals surface area contributed by atoms with Gasteiger partial charge in [-0.3, -0.25) is 4.79 Å². The highest BCUT2D eigenvalue weighted by Gasteiger charge is 2.20. The summed E-state index contributed by atoms with van der Waals surface area (Å²) in [6, 6.07) is 6.66. The number of aliphatic hydroxyl groups is 1. The van der Waals surface area contributed by atoms with Gasteiger partial charge in [0.05, 0.1) is 12.1 Å². The first-order chi connectivity index (χ1) is 9.93. The Morgan fingerprint density at radius 2 is 2.00 bits per heavy atom. The second kappa shape index (κ2) is 8.82. The highest BCUT2D eigenvalue weighted by molar-refractivity contribution is 6.30. The summed E-state index contributed by atoms with van der Waals surface area (Å²) in [5.41, 5.74) is 0.740. The number of carbonyl (C=O) groups excluding carboxylic acids is 1. The van der Waals surface area contributed by atoms with Gasteiger partial charge in [0.1, 0.15) is 0 Å². The molecule has 0 radical (unpaired) electrons. The molecule has 2 unspecified atom stereocenters. The fourth-order valence-electron chi connectivity index (χ4n) is 1.90. The van der Waals surface area contributed by atoms with Crippen molar-refractivity contribution in [2.75, 3.05) is 20.6 Å². The molecular formula is C16H23ClN2O2. The number of hydrogen-bond acceptors (Lipinski definition) is 3. The van der Waals surface area contributed by atoms with Crippen molar-refractivity contribution in [2.24, 2.45) is 0 Å². The van der Waals surface area contributed by atoms with Gasteiger partial charge >= 0.3 is 0 Å². The van der Waals surface area contributed by atoms with Gasteiger partial charge in [0.15, 0.2) is 0 Å². The molecule has 0 heterocycles. The molecular weight excluding hydrogens is 288 g/mol. The number of carbonyl (C=O) groups is 1. The normalized spacial score (nSPS) is 14.4. The van der Waals surface area contributed by atoms with Gasteiger partial charge in [0.25, 0.3) is 0 Å². The Hall–Kier alpha value is -1.36. The summed E-state index contributed by atoms with van der Waals surface area (Å²) in [7, 11) is 3.86. The van der Waals surface area contributed by atoms with Crippen molar-refractivity contribution in [1.82, 2.24) is 10.2 Å². The van der Waals surface area contributed by atoms with Crippen molar-refractivity contribution in [1.29, 1.82) is 0 Å². The van der Waals surface area contributed by atoms with Gasteiger partial charge in [0, 0.05) is 17.6 Å². The second-order valence-electron chi connectivity index (χ2n) is 5.18. The highest BCUT2D eigenvalue weighted by Crippen LogP contribution is 2.20. The minimum absolute atomic E-state index is 0.197. The van der Waals surface area contributed by atoms with Gasteiger partial charge in [-0.2, -0.15) is 0 Å². The average molecular weight is 311 g/mol. The van der Waals surface area contributed by atoms with E-state index in [1.807, 2.05) is 25.9 Å². The molecule has 5 heteroatoms. The monoisotopic (exact) mass is 310 g/mol. The molecule has 0 spiro atoms. The first-order valence-corrected chi connectivity index (χ1v) is 7.37. The maximum absolute atomic E-state index is 11.8. The largest absolute Gasteiger partial charge is 0.386 e. The molecule has 0 aliphatic rings. The van der Waals surface area contributed by atoms with E-state index >= 15 is 0 Å². The van der Waals surface area contributed by atoms with E-state index < -0.39 is 6.10 Å². The van der Waals surface area contributed by atoms with Crippen LogP contribution in [-0.4, -0.2) is 42.6 Å². The standard InChI is InChI=1S/C16H23ClN2O2/c1-4-14(18-15(20)6-5-11-19(2)3)16(21)12-7-9-13(17)10-8-12/h5-10,14,16,21H,4,11H2,1-3H3,(H,18,20)/b6-5+. The lowest BCUT2D eigenvalue weighted by molar-refractivity contribution is -0.118. The van der Waals surface area contributed by atoms with Crippen molar-refractivity contribution in [3.8, 4) is 0 Å². The summed E-state index contributed by atoms with van der Waals surface area (Å²) < 4.78 is 0. The average Bonchev–Trinajstić information content (AvgIpc) is 2.44. The minimum atomic E-state index is -0.751. The van der Waals surface area contributed by atoms with Gasteiger partial charge in [-0.05, 0) is 38.2 Å². The van der Waals surface area contributed by atoms with Crippen LogP contribution in [0.1, 0.15) is 25.0 Å². The number of aliphatic hydroxyl groups excluding tert-OH is 1. The number of amides is 1. The predicted molar refractivity (Wildman–Crippen MR) is 86.3 cm³/mol. The Kier molecular flexibility index (Phi) is 7.43. The van der Waals surface area contributed by atoms with Crippen LogP contribution in [0.5, 0.6) is 0 Å². The summed E-state index contributed by atoms with van der Waals surface area (Å²) in [6.45, 7) is 2.62. The fraction of sp³-hybridized carbons (Fsp3) is 0.438. The van der Waals surface area contributed by atoms with Crippen LogP contribution in [0.3, 0.4) is 0 Å². The summed E-state index contributed by atoms with van der Waals surface area (Å²) in [6.07, 6.45) is 3.17. The Morgan fingerprint density at radius 3 is 2.52 bits per heavy atom. The van der Waals surface area contributed by atoms with Crippen LogP contribution in [-0.2, 0) is 4.79 Å². The maximum Gasteiger partial charge on any atom is 0.244 e. The second-order valence-corrected chi connectivity index (χ2v) is 5.62. The number of rotatable bonds is 7. The molecule has 2 N–H and O–H groups in total. The molecule has 2 atom stereocenters. The SMILES string of the molecule is CCC(NC(=O)/C=C/CN(C)C)C(O)c1ccc(Cl)cc1. The summed E-state index contributed by atoms with van der Waals surface area (Å²) in [4.78, 5) is 13.8. The van der Waals surface area contributed by atoms with Crippen LogP contribution < -0.4 is 5.32 Å². The van der Waals surface area contributed by atoms with E-state index in [9.17, 15) is 9.90 Å². The zero-order chi connectivity index (χ0) is 15.8. The predicted octanol–water partition coefficient (Wildman–Crippen LogP) is 2.39. The van der Waals surface area contributed by atoms with Crippen molar-refractivity contribution in [3.05, 3.63) is 47.0 Å². The zero-order valence-corrected chi connectivity index (χ0v) is 13.5. The van der Waals surface area contributed by atoms with Crippen molar-refractivity contribution in [2.45, 2.75) is 25.5 Å². The molecule has 0 aliphatic heterocycles. The van der Waals surface area contributed by atoms with Crippen LogP contribution >= 0.6 is 11.6 Å². The Labute approximate surface area is 131 Å². The van der Waals surface area contributed by atoms with Gasteiger partial charge in [0.2, 0.25) is 5.91 Å². The van der Waals surface area contributed by atoms with Crippen molar-refractivity contribution >= 4 is 17.5 Å². The van der Waals surface area contributed by atoms with Crippen molar-refractivity contribution in [3.63, 3.8) is 0 Å². The van der Waals surface area contributed by atoms with Crippen LogP contribution in [0.25, 0.3) is 0 Å². The lowest BCUT2D eigenvalue weighted by atomic mass is 10.0. The first kappa shape index (κ1) is 17.7. The number of benzene rings is 1. The maximum atomic E-state index is 11.8. The lowest BCUT2D eigenvalue weighted by Crippen LogP contribution is -2.38. The Bertz CT molecular complexity index is 472. The van der Waals surface area contributed by atoms with Gasteiger partial charge < -0.3 is 15.3 Å². The number of nitrogens with zero attached hydrogens (tertiary/aromatic N) is 1. The Morgan fingerprint density at radius 1 is 1.38 bits per heavy atom. The number of hydrogen-bond donors (Lipinski definition) is 2. The molecule has 0 saturated carbocycles. The molecule has 4 nitrogen and oxygen atoms in total. The van der Waals surface area contributed by atoms with E-state index in [-0.39, 0.29) is 11.9 Å². The molecule has 0 aromatic heterocycles. The van der Waals surface area contributed by atoms with Gasteiger partial charge in [-0.15, -0.1) is 0 Å². The number of nitrogens with one attached hydrogen (secondary N) is 1. The first-order valence-electron chi connectivity index (χ1n) is 6.99. The highest BCUT2D eigenvalue weighted by atomic mass is 35.5. The molecule has 1 amide bonds. The fourth-order valence-corrected chi connectivity index (χ4v) is 2.02. The number of halogens is 1. The minimum Gasteiger partial charge on any atom is -0.386 e. The molecule has 21 heavy (non-hydrogen) atoms. The summed E-state index contributed by atoms with van der Waals surface area (Å²) in [5.74, 6) is -0.197. The molecule has 116 valence electrons. The quantitative estimate of drug-likeness (QED) is 0.760. The van der Waals surface area contributed by atoms with E-state index in [0.29, 0.717) is 18.0 Å². The molecule has 0 aliphatic carbocycles. The molecule has 1 aromatic rings. The van der Waals surface area contributed by atoms with E-state index in [1.165, 1.54) is 6.08 Å². The molecule has 1 rings (SSSR count). The van der Waals surface area contributed by atoms with Gasteiger partial charge in [-0.1, -0.05) is 36.7 Å². The van der Waals surface area contributed by atoms with Crippen LogP contribution in [0.15, 0.2) is 36.4 Å². The van der Waals surface area contributed by atoms with Crippen LogP contribution in [0, 0.1) is 0 Å². The third-order valence-corrected chi connectivity index (χ3v) is 3.35. The third kappa shape index (κ3) is 6.29. The smallest absolute Gasteiger partial charge is 0.244 e. The topological polar surface area (TPSA) is 52.6 Å². The van der Waals surface area contributed by atoms with Gasteiger partial charge in [-0.25, -0.2) is 0 Å². The van der Waals surface area contributed by atoms with E-state index in [1.54, 1.807) is 30.3 Å². The third-order valence-electron chi connectivity index (χ3n) is 3.10. The molecule has 0 bridgehead atoms. The molecule has 1 aromatic carbocycles. The number of likely N-dealkylation sites (N-methyl/N-ethyl adjacent to an activating group) is 1. The van der Waals surface area contributed by atoms with Crippen LogP contribution in [0.2, 0.25) is 5.02 Å². The molecule has 0 fully saturated rings.